The molecular weight excluding hydrogens is 943 g/mol. The Kier molecular flexibility index (Phi) is 12.1. The van der Waals surface area contributed by atoms with E-state index in [4.69, 9.17) is 15.0 Å². The Morgan fingerprint density at radius 3 is 1.35 bits per heavy atom. The van der Waals surface area contributed by atoms with Crippen LogP contribution in [0.15, 0.2) is 213 Å². The van der Waals surface area contributed by atoms with Gasteiger partial charge in [-0.3, -0.25) is 0 Å². The van der Waals surface area contributed by atoms with Gasteiger partial charge in [-0.15, -0.1) is 132 Å². The van der Waals surface area contributed by atoms with Crippen LogP contribution < -0.4 is 0 Å². The van der Waals surface area contributed by atoms with Crippen molar-refractivity contribution in [1.29, 1.82) is 0 Å². The van der Waals surface area contributed by atoms with E-state index in [0.29, 0.717) is 0 Å². The Bertz CT molecular complexity index is 3120. The number of nitrogens with zero attached hydrogens (tertiary/aromatic N) is 3. The molecule has 303 valence electrons. The van der Waals surface area contributed by atoms with Gasteiger partial charge in [0.15, 0.2) is 0 Å². The van der Waals surface area contributed by atoms with Crippen LogP contribution in [-0.2, 0) is 20.1 Å². The number of aromatic nitrogens is 3. The van der Waals surface area contributed by atoms with Gasteiger partial charge in [0, 0.05) is 38.7 Å². The molecule has 0 saturated carbocycles. The minimum Gasteiger partial charge on any atom is -0.304 e. The molecule has 1 radical (unpaired) electrons. The van der Waals surface area contributed by atoms with Crippen LogP contribution in [0.1, 0.15) is 22.3 Å². The third kappa shape index (κ3) is 8.69. The van der Waals surface area contributed by atoms with Crippen molar-refractivity contribution in [3.8, 4) is 67.2 Å². The van der Waals surface area contributed by atoms with Gasteiger partial charge < -0.3 is 15.0 Å². The van der Waals surface area contributed by atoms with Crippen molar-refractivity contribution in [3.05, 3.63) is 260 Å². The maximum atomic E-state index is 4.94. The molecule has 0 unspecified atom stereocenters. The van der Waals surface area contributed by atoms with Crippen LogP contribution in [0.4, 0.5) is 0 Å². The fourth-order valence-corrected chi connectivity index (χ4v) is 8.15. The quantitative estimate of drug-likeness (QED) is 0.135. The predicted octanol–water partition coefficient (Wildman–Crippen LogP) is 14.3. The van der Waals surface area contributed by atoms with Crippen LogP contribution >= 0.6 is 0 Å². The molecule has 9 aromatic rings. The first kappa shape index (κ1) is 40.9. The number of benzene rings is 6. The molecule has 63 heavy (non-hydrogen) atoms. The number of rotatable bonds is 9. The first-order valence-electron chi connectivity index (χ1n) is 20.7. The van der Waals surface area contributed by atoms with Crippen molar-refractivity contribution in [3.63, 3.8) is 0 Å². The summed E-state index contributed by atoms with van der Waals surface area (Å²) in [6, 6.07) is 70.3. The van der Waals surface area contributed by atoms with Gasteiger partial charge >= 0.3 is 0 Å². The summed E-state index contributed by atoms with van der Waals surface area (Å²) in [7, 11) is 0. The molecule has 1 aliphatic rings. The molecule has 0 aliphatic heterocycles. The summed E-state index contributed by atoms with van der Waals surface area (Å²) in [4.78, 5) is 14.7. The topological polar surface area (TPSA) is 38.7 Å². The number of pyridine rings is 3. The number of hydrogen-bond donors (Lipinski definition) is 0. The second kappa shape index (κ2) is 18.6. The van der Waals surface area contributed by atoms with Crippen molar-refractivity contribution < 1.29 is 20.1 Å². The molecule has 0 atom stereocenters. The molecule has 3 nitrogen and oxygen atoms in total. The zero-order valence-electron chi connectivity index (χ0n) is 34.5. The van der Waals surface area contributed by atoms with Crippen molar-refractivity contribution in [1.82, 2.24) is 15.0 Å². The number of hydrogen-bond acceptors (Lipinski definition) is 3. The van der Waals surface area contributed by atoms with Crippen molar-refractivity contribution in [2.45, 2.75) is 6.92 Å². The Morgan fingerprint density at radius 2 is 0.857 bits per heavy atom. The smallest absolute Gasteiger partial charge is 0.0239 e. The van der Waals surface area contributed by atoms with Gasteiger partial charge in [-0.05, 0) is 62.9 Å². The molecule has 10 rings (SSSR count). The molecule has 3 aromatic heterocycles. The molecule has 0 fully saturated rings. The monoisotopic (exact) mass is 982 g/mol. The Hall–Kier alpha value is -7.49. The van der Waals surface area contributed by atoms with Gasteiger partial charge in [-0.2, -0.15) is 0 Å². The van der Waals surface area contributed by atoms with Crippen LogP contribution in [0, 0.1) is 31.5 Å². The average molecular weight is 982 g/mol. The van der Waals surface area contributed by atoms with Crippen LogP contribution in [0.3, 0.4) is 0 Å². The average Bonchev–Trinajstić information content (AvgIpc) is 3.58. The van der Waals surface area contributed by atoms with E-state index < -0.39 is 0 Å². The molecule has 3 heterocycles. The molecule has 4 heteroatoms. The minimum absolute atomic E-state index is 0. The molecule has 0 amide bonds. The van der Waals surface area contributed by atoms with Crippen molar-refractivity contribution >= 4 is 16.7 Å². The number of aryl methyl sites for hydroxylation is 1. The van der Waals surface area contributed by atoms with E-state index >= 15 is 0 Å². The van der Waals surface area contributed by atoms with E-state index in [1.54, 1.807) is 0 Å². The van der Waals surface area contributed by atoms with E-state index in [0.717, 1.165) is 106 Å². The Balaban J connectivity index is 0.00000504. The fraction of sp³-hybridized carbons (Fsp3) is 0.0169. The first-order valence-corrected chi connectivity index (χ1v) is 20.7. The maximum Gasteiger partial charge on any atom is 0.0239 e. The summed E-state index contributed by atoms with van der Waals surface area (Å²) in [6.45, 7) is 2.16. The van der Waals surface area contributed by atoms with E-state index in [1.165, 1.54) is 0 Å². The standard InChI is InChI=1S/C59H39N3.Ir/c1-41-35-59(44-21-9-4-10-22-44)62-40-56(41)55-28-16-15-24-51(55)46-30-29-45(50-23-11-12-25-52(50)47-31-33-57(60-38-47)42-17-5-2-6-18-42)36-49(37-46)54-27-14-13-26-53(54)48-32-34-58(61-39-48)43-19-7-3-8-20-43;/h2-17,19,21,23-40H,1H3;/q-4;. The second-order valence-electron chi connectivity index (χ2n) is 15.2. The summed E-state index contributed by atoms with van der Waals surface area (Å²) in [6.07, 6.45) is 15.1. The van der Waals surface area contributed by atoms with Crippen LogP contribution in [0.2, 0.25) is 0 Å². The summed E-state index contributed by atoms with van der Waals surface area (Å²) < 4.78 is 0. The van der Waals surface area contributed by atoms with Crippen LogP contribution in [-0.4, -0.2) is 15.0 Å². The van der Waals surface area contributed by atoms with Crippen molar-refractivity contribution in [2.24, 2.45) is 0 Å². The van der Waals surface area contributed by atoms with E-state index in [1.807, 2.05) is 85.3 Å². The van der Waals surface area contributed by atoms with Crippen molar-refractivity contribution in [2.75, 3.05) is 0 Å². The second-order valence-corrected chi connectivity index (χ2v) is 15.2. The minimum atomic E-state index is 0. The van der Waals surface area contributed by atoms with E-state index in [2.05, 4.69) is 159 Å². The molecule has 0 spiro atoms. The predicted molar refractivity (Wildman–Crippen MR) is 255 cm³/mol. The van der Waals surface area contributed by atoms with E-state index in [-0.39, 0.29) is 20.1 Å². The molecular formula is C59H39IrN3-4. The summed E-state index contributed by atoms with van der Waals surface area (Å²) in [5, 5.41) is 0. The van der Waals surface area contributed by atoms with Gasteiger partial charge in [-0.1, -0.05) is 137 Å². The fourth-order valence-electron chi connectivity index (χ4n) is 8.15. The Labute approximate surface area is 383 Å². The normalized spacial score (nSPS) is 12.2. The van der Waals surface area contributed by atoms with Gasteiger partial charge in [0.05, 0.1) is 0 Å². The zero-order valence-corrected chi connectivity index (χ0v) is 36.9. The molecule has 0 bridgehead atoms. The third-order valence-electron chi connectivity index (χ3n) is 11.3. The van der Waals surface area contributed by atoms with Crippen LogP contribution in [0.5, 0.6) is 0 Å². The van der Waals surface area contributed by atoms with Gasteiger partial charge in [-0.25, -0.2) is 0 Å². The SMILES string of the molecule is Cc1cc(-c2[c-]cccc2)ncc1-c1ccccc1C1=CC(c2ccccc2-c2ccc(-c3[c-]cccc3)nc2)=CC(c2ccccc2-c2ccc(-c3[c-]cccc3)nc2)=C[CH-]1.[Ir]. The third-order valence-corrected chi connectivity index (χ3v) is 11.3. The largest absolute Gasteiger partial charge is 0.304 e. The Morgan fingerprint density at radius 1 is 0.397 bits per heavy atom. The summed E-state index contributed by atoms with van der Waals surface area (Å²) >= 11 is 0. The van der Waals surface area contributed by atoms with Crippen LogP contribution in [0.25, 0.3) is 83.9 Å². The molecule has 1 aliphatic carbocycles. The zero-order chi connectivity index (χ0) is 41.7. The maximum absolute atomic E-state index is 4.94. The van der Waals surface area contributed by atoms with E-state index in [9.17, 15) is 0 Å². The van der Waals surface area contributed by atoms with Gasteiger partial charge in [0.2, 0.25) is 0 Å². The summed E-state index contributed by atoms with van der Waals surface area (Å²) in [5.74, 6) is 0. The van der Waals surface area contributed by atoms with Gasteiger partial charge in [0.25, 0.3) is 0 Å². The molecule has 0 saturated heterocycles. The number of allylic oxidation sites excluding steroid dienone is 6. The van der Waals surface area contributed by atoms with Gasteiger partial charge in [0.1, 0.15) is 0 Å². The molecule has 0 N–H and O–H groups in total. The summed E-state index contributed by atoms with van der Waals surface area (Å²) in [5.41, 5.74) is 19.8. The first-order chi connectivity index (χ1) is 30.7. The molecule has 6 aromatic carbocycles.